The summed E-state index contributed by atoms with van der Waals surface area (Å²) in [4.78, 5) is 12.1. The Kier molecular flexibility index (Phi) is 5.32. The highest BCUT2D eigenvalue weighted by Gasteiger charge is 2.23. The van der Waals surface area contributed by atoms with Crippen LogP contribution in [0.1, 0.15) is 47.2 Å². The molecule has 0 amide bonds. The number of methoxy groups -OCH3 is 1. The molecule has 3 heteroatoms. The van der Waals surface area contributed by atoms with Gasteiger partial charge in [0.05, 0.1) is 12.2 Å². The second-order valence-corrected chi connectivity index (χ2v) is 5.68. The molecule has 0 saturated heterocycles. The van der Waals surface area contributed by atoms with Crippen molar-refractivity contribution in [3.8, 4) is 0 Å². The van der Waals surface area contributed by atoms with Crippen LogP contribution in [0.2, 0.25) is 0 Å². The summed E-state index contributed by atoms with van der Waals surface area (Å²) < 4.78 is 11.1. The number of rotatable bonds is 5. The highest BCUT2D eigenvalue weighted by molar-refractivity contribution is 5.97. The van der Waals surface area contributed by atoms with Gasteiger partial charge in [-0.15, -0.1) is 0 Å². The van der Waals surface area contributed by atoms with Crippen molar-refractivity contribution in [1.29, 1.82) is 0 Å². The average Bonchev–Trinajstić information content (AvgIpc) is 2.47. The number of Topliss-reactive ketones (excluding diaryl/α,β-unsaturated/α-hetero) is 1. The van der Waals surface area contributed by atoms with Gasteiger partial charge in [0, 0.05) is 12.7 Å². The van der Waals surface area contributed by atoms with Crippen LogP contribution in [0, 0.1) is 13.8 Å². The molecule has 0 radical (unpaired) electrons. The van der Waals surface area contributed by atoms with Crippen molar-refractivity contribution in [2.24, 2.45) is 0 Å². The highest BCUT2D eigenvalue weighted by Crippen LogP contribution is 2.23. The third-order valence-corrected chi connectivity index (χ3v) is 4.19. The van der Waals surface area contributed by atoms with Gasteiger partial charge in [-0.1, -0.05) is 12.1 Å². The molecule has 2 unspecified atom stereocenters. The Balaban J connectivity index is 1.87. The second kappa shape index (κ2) is 7.00. The monoisotopic (exact) mass is 276 g/mol. The van der Waals surface area contributed by atoms with Gasteiger partial charge in [0.15, 0.2) is 5.78 Å². The molecule has 2 rings (SSSR count). The molecule has 0 aromatic heterocycles. The van der Waals surface area contributed by atoms with Crippen LogP contribution in [0.5, 0.6) is 0 Å². The van der Waals surface area contributed by atoms with Gasteiger partial charge in [0.25, 0.3) is 0 Å². The molecule has 20 heavy (non-hydrogen) atoms. The zero-order valence-corrected chi connectivity index (χ0v) is 12.6. The molecule has 0 N–H and O–H groups in total. The molecular formula is C17H24O3. The van der Waals surface area contributed by atoms with Crippen LogP contribution in [0.25, 0.3) is 0 Å². The molecule has 1 saturated carbocycles. The Hall–Kier alpha value is -1.19. The van der Waals surface area contributed by atoms with Gasteiger partial charge < -0.3 is 9.47 Å². The minimum atomic E-state index is 0.0626. The number of hydrogen-bond donors (Lipinski definition) is 0. The van der Waals surface area contributed by atoms with Crippen molar-refractivity contribution in [1.82, 2.24) is 0 Å². The van der Waals surface area contributed by atoms with Gasteiger partial charge in [0.1, 0.15) is 6.61 Å². The largest absolute Gasteiger partial charge is 0.381 e. The van der Waals surface area contributed by atoms with E-state index in [1.54, 1.807) is 7.11 Å². The average molecular weight is 276 g/mol. The van der Waals surface area contributed by atoms with Crippen molar-refractivity contribution < 1.29 is 14.3 Å². The van der Waals surface area contributed by atoms with Crippen molar-refractivity contribution in [2.45, 2.75) is 51.7 Å². The summed E-state index contributed by atoms with van der Waals surface area (Å²) in [5, 5.41) is 0. The van der Waals surface area contributed by atoms with Gasteiger partial charge in [-0.05, 0) is 56.7 Å². The van der Waals surface area contributed by atoms with E-state index in [1.165, 1.54) is 5.56 Å². The summed E-state index contributed by atoms with van der Waals surface area (Å²) in [5.74, 6) is 0.0626. The molecule has 1 aromatic carbocycles. The maximum Gasteiger partial charge on any atom is 0.188 e. The number of hydrogen-bond acceptors (Lipinski definition) is 3. The molecule has 0 aliphatic heterocycles. The van der Waals surface area contributed by atoms with E-state index in [2.05, 4.69) is 0 Å². The van der Waals surface area contributed by atoms with E-state index in [-0.39, 0.29) is 24.6 Å². The standard InChI is InChI=1S/C17H24O3/c1-12-7-8-14(9-13(12)2)17(18)11-20-16-6-4-5-15(10-16)19-3/h7-9,15-16H,4-6,10-11H2,1-3H3. The van der Waals surface area contributed by atoms with Crippen LogP contribution in [0.3, 0.4) is 0 Å². The maximum absolute atomic E-state index is 12.1. The van der Waals surface area contributed by atoms with Crippen LogP contribution in [0.15, 0.2) is 18.2 Å². The number of ketones is 1. The molecule has 1 fully saturated rings. The fourth-order valence-electron chi connectivity index (χ4n) is 2.66. The summed E-state index contributed by atoms with van der Waals surface area (Å²) in [5.41, 5.74) is 3.10. The fraction of sp³-hybridized carbons (Fsp3) is 0.588. The minimum Gasteiger partial charge on any atom is -0.381 e. The lowest BCUT2D eigenvalue weighted by Gasteiger charge is -2.28. The Morgan fingerprint density at radius 2 is 1.95 bits per heavy atom. The first-order valence-electron chi connectivity index (χ1n) is 7.35. The first-order chi connectivity index (χ1) is 9.60. The normalized spacial score (nSPS) is 22.8. The number of aryl methyl sites for hydroxylation is 2. The van der Waals surface area contributed by atoms with Gasteiger partial charge in [-0.2, -0.15) is 0 Å². The second-order valence-electron chi connectivity index (χ2n) is 5.68. The van der Waals surface area contributed by atoms with Crippen molar-refractivity contribution in [3.05, 3.63) is 34.9 Å². The Bertz CT molecular complexity index is 467. The fourth-order valence-corrected chi connectivity index (χ4v) is 2.66. The Morgan fingerprint density at radius 3 is 2.65 bits per heavy atom. The van der Waals surface area contributed by atoms with E-state index < -0.39 is 0 Å². The predicted molar refractivity (Wildman–Crippen MR) is 79.3 cm³/mol. The van der Waals surface area contributed by atoms with Crippen LogP contribution in [0.4, 0.5) is 0 Å². The summed E-state index contributed by atoms with van der Waals surface area (Å²) in [7, 11) is 1.74. The molecule has 3 nitrogen and oxygen atoms in total. The SMILES string of the molecule is COC1CCCC(OCC(=O)c2ccc(C)c(C)c2)C1. The Labute approximate surface area is 121 Å². The van der Waals surface area contributed by atoms with Crippen LogP contribution >= 0.6 is 0 Å². The molecule has 2 atom stereocenters. The summed E-state index contributed by atoms with van der Waals surface area (Å²) in [6.45, 7) is 4.24. The molecule has 110 valence electrons. The van der Waals surface area contributed by atoms with E-state index in [9.17, 15) is 4.79 Å². The van der Waals surface area contributed by atoms with Crippen LogP contribution in [-0.4, -0.2) is 31.7 Å². The minimum absolute atomic E-state index is 0.0626. The van der Waals surface area contributed by atoms with E-state index in [4.69, 9.17) is 9.47 Å². The lowest BCUT2D eigenvalue weighted by molar-refractivity contribution is -0.0243. The lowest BCUT2D eigenvalue weighted by Crippen LogP contribution is -2.29. The quantitative estimate of drug-likeness (QED) is 0.773. The van der Waals surface area contributed by atoms with E-state index in [0.717, 1.165) is 36.8 Å². The van der Waals surface area contributed by atoms with Gasteiger partial charge in [0.2, 0.25) is 0 Å². The van der Waals surface area contributed by atoms with Crippen molar-refractivity contribution in [2.75, 3.05) is 13.7 Å². The first-order valence-corrected chi connectivity index (χ1v) is 7.35. The molecule has 1 aromatic rings. The molecule has 0 heterocycles. The zero-order chi connectivity index (χ0) is 14.5. The number of ether oxygens (including phenoxy) is 2. The zero-order valence-electron chi connectivity index (χ0n) is 12.6. The number of carbonyl (C=O) groups is 1. The van der Waals surface area contributed by atoms with Crippen molar-refractivity contribution >= 4 is 5.78 Å². The topological polar surface area (TPSA) is 35.5 Å². The highest BCUT2D eigenvalue weighted by atomic mass is 16.5. The molecule has 1 aliphatic carbocycles. The van der Waals surface area contributed by atoms with Crippen LogP contribution < -0.4 is 0 Å². The van der Waals surface area contributed by atoms with Crippen molar-refractivity contribution in [3.63, 3.8) is 0 Å². The summed E-state index contributed by atoms with van der Waals surface area (Å²) in [6, 6.07) is 5.82. The Morgan fingerprint density at radius 1 is 1.20 bits per heavy atom. The predicted octanol–water partition coefficient (Wildman–Crippen LogP) is 3.46. The summed E-state index contributed by atoms with van der Waals surface area (Å²) in [6.07, 6.45) is 4.58. The van der Waals surface area contributed by atoms with E-state index >= 15 is 0 Å². The lowest BCUT2D eigenvalue weighted by atomic mass is 9.95. The van der Waals surface area contributed by atoms with E-state index in [0.29, 0.717) is 0 Å². The van der Waals surface area contributed by atoms with E-state index in [1.807, 2.05) is 32.0 Å². The molecular weight excluding hydrogens is 252 g/mol. The third kappa shape index (κ3) is 3.90. The number of benzene rings is 1. The first kappa shape index (κ1) is 15.2. The third-order valence-electron chi connectivity index (χ3n) is 4.19. The summed E-state index contributed by atoms with van der Waals surface area (Å²) >= 11 is 0. The van der Waals surface area contributed by atoms with Gasteiger partial charge in [-0.3, -0.25) is 4.79 Å². The maximum atomic E-state index is 12.1. The number of carbonyl (C=O) groups excluding carboxylic acids is 1. The molecule has 0 bridgehead atoms. The van der Waals surface area contributed by atoms with Gasteiger partial charge in [-0.25, -0.2) is 0 Å². The smallest absolute Gasteiger partial charge is 0.188 e. The molecule has 1 aliphatic rings. The molecule has 0 spiro atoms. The van der Waals surface area contributed by atoms with Crippen LogP contribution in [-0.2, 0) is 9.47 Å². The van der Waals surface area contributed by atoms with Gasteiger partial charge >= 0.3 is 0 Å².